The van der Waals surface area contributed by atoms with Crippen molar-refractivity contribution in [1.82, 2.24) is 15.1 Å². The molecule has 5 nitrogen and oxygen atoms in total. The molecule has 0 aromatic rings. The number of hydrogen-bond donors (Lipinski definition) is 1. The van der Waals surface area contributed by atoms with Crippen LogP contribution in [-0.4, -0.2) is 60.4 Å². The van der Waals surface area contributed by atoms with E-state index in [-0.39, 0.29) is 17.7 Å². The second-order valence-electron chi connectivity index (χ2n) is 8.51. The molecule has 0 aromatic heterocycles. The number of nitrogens with zero attached hydrogens (tertiary/aromatic N) is 2. The first-order valence-corrected chi connectivity index (χ1v) is 11.0. The van der Waals surface area contributed by atoms with Crippen molar-refractivity contribution in [3.8, 4) is 0 Å². The number of rotatable bonds is 4. The van der Waals surface area contributed by atoms with Gasteiger partial charge in [0.25, 0.3) is 0 Å². The minimum absolute atomic E-state index is 0.124. The minimum Gasteiger partial charge on any atom is -0.353 e. The number of hydrogen-bond acceptors (Lipinski definition) is 3. The molecule has 1 aliphatic heterocycles. The molecular weight excluding hydrogens is 326 g/mol. The summed E-state index contributed by atoms with van der Waals surface area (Å²) in [5.41, 5.74) is 0. The molecule has 26 heavy (non-hydrogen) atoms. The molecule has 2 amide bonds. The van der Waals surface area contributed by atoms with Crippen LogP contribution in [0.15, 0.2) is 0 Å². The molecule has 1 heterocycles. The Morgan fingerprint density at radius 1 is 0.808 bits per heavy atom. The Morgan fingerprint density at radius 3 is 1.96 bits per heavy atom. The summed E-state index contributed by atoms with van der Waals surface area (Å²) >= 11 is 0. The zero-order valence-electron chi connectivity index (χ0n) is 16.5. The predicted molar refractivity (Wildman–Crippen MR) is 104 cm³/mol. The lowest BCUT2D eigenvalue weighted by molar-refractivity contribution is -0.140. The molecule has 3 fully saturated rings. The monoisotopic (exact) mass is 363 g/mol. The molecule has 0 radical (unpaired) electrons. The fourth-order valence-electron chi connectivity index (χ4n) is 4.89. The number of piperazine rings is 1. The zero-order chi connectivity index (χ0) is 18.4. The van der Waals surface area contributed by atoms with E-state index in [0.29, 0.717) is 11.9 Å². The van der Waals surface area contributed by atoms with Gasteiger partial charge in [-0.25, -0.2) is 0 Å². The van der Waals surface area contributed by atoms with E-state index in [1.54, 1.807) is 0 Å². The summed E-state index contributed by atoms with van der Waals surface area (Å²) in [5.74, 6) is 0.854. The van der Waals surface area contributed by atoms with Crippen molar-refractivity contribution in [1.29, 1.82) is 0 Å². The lowest BCUT2D eigenvalue weighted by atomic mass is 9.80. The molecule has 1 N–H and O–H groups in total. The van der Waals surface area contributed by atoms with Crippen LogP contribution in [0.2, 0.25) is 0 Å². The first kappa shape index (κ1) is 19.7. The highest BCUT2D eigenvalue weighted by Gasteiger charge is 2.33. The number of amides is 2. The first-order chi connectivity index (χ1) is 12.7. The van der Waals surface area contributed by atoms with Crippen molar-refractivity contribution in [3.05, 3.63) is 0 Å². The second kappa shape index (κ2) is 9.72. The molecule has 0 bridgehead atoms. The van der Waals surface area contributed by atoms with Gasteiger partial charge in [-0.1, -0.05) is 32.6 Å². The SMILES string of the molecule is CCN1CCN(C(=O)C2CCC(C(=O)NC3CCCCCC3)CC2)CC1. The number of likely N-dealkylation sites (N-methyl/N-ethyl adjacent to an activating group) is 1. The maximum atomic E-state index is 12.8. The van der Waals surface area contributed by atoms with Gasteiger partial charge >= 0.3 is 0 Å². The van der Waals surface area contributed by atoms with Crippen LogP contribution in [0.3, 0.4) is 0 Å². The van der Waals surface area contributed by atoms with Gasteiger partial charge in [0.05, 0.1) is 0 Å². The van der Waals surface area contributed by atoms with E-state index < -0.39 is 0 Å². The van der Waals surface area contributed by atoms with Crippen LogP contribution in [0.1, 0.15) is 71.1 Å². The molecule has 148 valence electrons. The predicted octanol–water partition coefficient (Wildman–Crippen LogP) is 2.80. The van der Waals surface area contributed by atoms with E-state index in [2.05, 4.69) is 22.0 Å². The van der Waals surface area contributed by atoms with E-state index >= 15 is 0 Å². The molecule has 5 heteroatoms. The average Bonchev–Trinajstić information content (AvgIpc) is 2.96. The molecule has 0 unspecified atom stereocenters. The molecule has 0 atom stereocenters. The lowest BCUT2D eigenvalue weighted by Gasteiger charge is -2.37. The minimum atomic E-state index is 0.124. The maximum absolute atomic E-state index is 12.8. The fraction of sp³-hybridized carbons (Fsp3) is 0.905. The zero-order valence-corrected chi connectivity index (χ0v) is 16.5. The Balaban J connectivity index is 1.40. The van der Waals surface area contributed by atoms with Crippen LogP contribution in [0.25, 0.3) is 0 Å². The van der Waals surface area contributed by atoms with Crippen molar-refractivity contribution in [2.75, 3.05) is 32.7 Å². The van der Waals surface area contributed by atoms with Gasteiger partial charge in [0.2, 0.25) is 11.8 Å². The van der Waals surface area contributed by atoms with Crippen LogP contribution >= 0.6 is 0 Å². The summed E-state index contributed by atoms with van der Waals surface area (Å²) in [5, 5.41) is 3.31. The van der Waals surface area contributed by atoms with Gasteiger partial charge in [-0.3, -0.25) is 9.59 Å². The van der Waals surface area contributed by atoms with Gasteiger partial charge in [0.15, 0.2) is 0 Å². The highest BCUT2D eigenvalue weighted by molar-refractivity contribution is 5.81. The Kier molecular flexibility index (Phi) is 7.35. The van der Waals surface area contributed by atoms with E-state index in [1.807, 2.05) is 0 Å². The Bertz CT molecular complexity index is 458. The number of carbonyl (C=O) groups excluding carboxylic acids is 2. The Labute approximate surface area is 158 Å². The summed E-state index contributed by atoms with van der Waals surface area (Å²) in [6, 6.07) is 0.388. The topological polar surface area (TPSA) is 52.7 Å². The summed E-state index contributed by atoms with van der Waals surface area (Å²) in [6.07, 6.45) is 10.9. The van der Waals surface area contributed by atoms with Gasteiger partial charge < -0.3 is 15.1 Å². The molecule has 3 aliphatic rings. The van der Waals surface area contributed by atoms with E-state index in [0.717, 1.165) is 71.2 Å². The van der Waals surface area contributed by atoms with Crippen LogP contribution in [-0.2, 0) is 9.59 Å². The Hall–Kier alpha value is -1.10. The van der Waals surface area contributed by atoms with E-state index in [1.165, 1.54) is 25.7 Å². The van der Waals surface area contributed by atoms with Crippen molar-refractivity contribution < 1.29 is 9.59 Å². The summed E-state index contributed by atoms with van der Waals surface area (Å²) < 4.78 is 0. The smallest absolute Gasteiger partial charge is 0.225 e. The molecule has 3 rings (SSSR count). The molecule has 1 saturated heterocycles. The van der Waals surface area contributed by atoms with Crippen molar-refractivity contribution in [2.45, 2.75) is 77.2 Å². The summed E-state index contributed by atoms with van der Waals surface area (Å²) in [6.45, 7) is 6.99. The third-order valence-electron chi connectivity index (χ3n) is 6.78. The lowest BCUT2D eigenvalue weighted by Crippen LogP contribution is -2.50. The highest BCUT2D eigenvalue weighted by atomic mass is 16.2. The molecule has 2 saturated carbocycles. The normalized spacial score (nSPS) is 29.2. The fourth-order valence-corrected chi connectivity index (χ4v) is 4.89. The molecular formula is C21H37N3O2. The van der Waals surface area contributed by atoms with E-state index in [9.17, 15) is 9.59 Å². The Morgan fingerprint density at radius 2 is 1.38 bits per heavy atom. The first-order valence-electron chi connectivity index (χ1n) is 11.0. The average molecular weight is 364 g/mol. The quantitative estimate of drug-likeness (QED) is 0.782. The highest BCUT2D eigenvalue weighted by Crippen LogP contribution is 2.31. The summed E-state index contributed by atoms with van der Waals surface area (Å²) in [4.78, 5) is 29.9. The van der Waals surface area contributed by atoms with Crippen LogP contribution in [0, 0.1) is 11.8 Å². The van der Waals surface area contributed by atoms with Crippen molar-refractivity contribution in [2.24, 2.45) is 11.8 Å². The molecule has 0 aromatic carbocycles. The number of carbonyl (C=O) groups is 2. The van der Waals surface area contributed by atoms with Gasteiger partial charge in [-0.05, 0) is 45.1 Å². The van der Waals surface area contributed by atoms with Crippen molar-refractivity contribution in [3.63, 3.8) is 0 Å². The van der Waals surface area contributed by atoms with E-state index in [4.69, 9.17) is 0 Å². The summed E-state index contributed by atoms with van der Waals surface area (Å²) in [7, 11) is 0. The van der Waals surface area contributed by atoms with Gasteiger partial charge in [-0.2, -0.15) is 0 Å². The third kappa shape index (κ3) is 5.21. The second-order valence-corrected chi connectivity index (χ2v) is 8.51. The largest absolute Gasteiger partial charge is 0.353 e. The van der Waals surface area contributed by atoms with Crippen LogP contribution in [0.4, 0.5) is 0 Å². The van der Waals surface area contributed by atoms with Crippen LogP contribution in [0.5, 0.6) is 0 Å². The van der Waals surface area contributed by atoms with Gasteiger partial charge in [-0.15, -0.1) is 0 Å². The van der Waals surface area contributed by atoms with Crippen molar-refractivity contribution >= 4 is 11.8 Å². The van der Waals surface area contributed by atoms with Crippen LogP contribution < -0.4 is 5.32 Å². The molecule has 2 aliphatic carbocycles. The van der Waals surface area contributed by atoms with Gasteiger partial charge in [0, 0.05) is 44.1 Å². The number of nitrogens with one attached hydrogen (secondary N) is 1. The molecule has 0 spiro atoms. The maximum Gasteiger partial charge on any atom is 0.225 e. The third-order valence-corrected chi connectivity index (χ3v) is 6.78. The van der Waals surface area contributed by atoms with Gasteiger partial charge in [0.1, 0.15) is 0 Å². The standard InChI is InChI=1S/C21H37N3O2/c1-2-23-13-15-24(16-14-23)21(26)18-11-9-17(10-12-18)20(25)22-19-7-5-3-4-6-8-19/h17-19H,2-16H2,1H3,(H,22,25).